The van der Waals surface area contributed by atoms with Crippen LogP contribution in [-0.2, 0) is 0 Å². The highest BCUT2D eigenvalue weighted by molar-refractivity contribution is 5.83. The van der Waals surface area contributed by atoms with Gasteiger partial charge in [-0.1, -0.05) is 83.3 Å². The van der Waals surface area contributed by atoms with Crippen LogP contribution in [0.15, 0.2) is 17.1 Å². The largest absolute Gasteiger partial charge is 0.395 e. The van der Waals surface area contributed by atoms with Gasteiger partial charge in [-0.05, 0) is 25.7 Å². The molecule has 1 aliphatic heterocycles. The van der Waals surface area contributed by atoms with E-state index in [2.05, 4.69) is 29.0 Å². The van der Waals surface area contributed by atoms with Gasteiger partial charge in [0, 0.05) is 19.5 Å². The van der Waals surface area contributed by atoms with Crippen LogP contribution in [0.5, 0.6) is 0 Å². The van der Waals surface area contributed by atoms with Crippen molar-refractivity contribution in [3.8, 4) is 0 Å². The number of aliphatic hydroxyl groups is 1. The Morgan fingerprint density at radius 3 is 2.00 bits per heavy atom. The molecule has 1 rings (SSSR count). The number of rotatable bonds is 18. The Labute approximate surface area is 163 Å². The molecule has 0 fully saturated rings. The standard InChI is InChI=1S/C23H44N2O/c1-2-3-4-5-6-7-8-9-10-11-12-13-14-15-16-17-18-23-24-19-20-25(23)21-22-26/h3-4,26H,2,5-22H2,1H3/b4-3+. The fourth-order valence-corrected chi connectivity index (χ4v) is 3.73. The molecule has 0 saturated carbocycles. The molecular weight excluding hydrogens is 320 g/mol. The molecule has 0 aromatic rings. The molecular formula is C23H44N2O. The minimum atomic E-state index is 0.245. The van der Waals surface area contributed by atoms with Gasteiger partial charge in [0.15, 0.2) is 0 Å². The van der Waals surface area contributed by atoms with Crippen LogP contribution in [0, 0.1) is 0 Å². The number of hydrogen-bond donors (Lipinski definition) is 1. The highest BCUT2D eigenvalue weighted by Gasteiger charge is 2.14. The molecule has 0 aromatic heterocycles. The number of nitrogens with zero attached hydrogens (tertiary/aromatic N) is 2. The maximum Gasteiger partial charge on any atom is 0.0991 e. The Bertz CT molecular complexity index is 365. The first kappa shape index (κ1) is 23.2. The van der Waals surface area contributed by atoms with Crippen LogP contribution in [0.25, 0.3) is 0 Å². The van der Waals surface area contributed by atoms with Crippen molar-refractivity contribution in [2.24, 2.45) is 4.99 Å². The van der Waals surface area contributed by atoms with Crippen LogP contribution < -0.4 is 0 Å². The van der Waals surface area contributed by atoms with Crippen molar-refractivity contribution in [1.82, 2.24) is 4.90 Å². The van der Waals surface area contributed by atoms with Gasteiger partial charge < -0.3 is 10.0 Å². The van der Waals surface area contributed by atoms with Crippen LogP contribution in [-0.4, -0.2) is 42.1 Å². The van der Waals surface area contributed by atoms with Crippen molar-refractivity contribution in [2.45, 2.75) is 103 Å². The van der Waals surface area contributed by atoms with Crippen molar-refractivity contribution in [3.05, 3.63) is 12.2 Å². The summed E-state index contributed by atoms with van der Waals surface area (Å²) in [5, 5.41) is 9.06. The normalized spacial score (nSPS) is 14.5. The van der Waals surface area contributed by atoms with E-state index in [1.807, 2.05) is 0 Å². The molecule has 3 nitrogen and oxygen atoms in total. The number of amidine groups is 1. The Kier molecular flexibility index (Phi) is 15.7. The third-order valence-electron chi connectivity index (χ3n) is 5.32. The molecule has 0 aromatic carbocycles. The van der Waals surface area contributed by atoms with Crippen LogP contribution in [0.3, 0.4) is 0 Å². The summed E-state index contributed by atoms with van der Waals surface area (Å²) in [5.74, 6) is 1.24. The summed E-state index contributed by atoms with van der Waals surface area (Å²) in [7, 11) is 0. The Morgan fingerprint density at radius 2 is 1.42 bits per heavy atom. The van der Waals surface area contributed by atoms with Crippen molar-refractivity contribution < 1.29 is 5.11 Å². The fraction of sp³-hybridized carbons (Fsp3) is 0.870. The number of allylic oxidation sites excluding steroid dienone is 2. The second-order valence-corrected chi connectivity index (χ2v) is 7.67. The van der Waals surface area contributed by atoms with Crippen molar-refractivity contribution in [2.75, 3.05) is 26.2 Å². The van der Waals surface area contributed by atoms with Gasteiger partial charge in [0.25, 0.3) is 0 Å². The van der Waals surface area contributed by atoms with Crippen LogP contribution in [0.1, 0.15) is 103 Å². The van der Waals surface area contributed by atoms with E-state index in [0.717, 1.165) is 26.1 Å². The third-order valence-corrected chi connectivity index (χ3v) is 5.32. The first-order valence-corrected chi connectivity index (χ1v) is 11.4. The van der Waals surface area contributed by atoms with Gasteiger partial charge in [-0.2, -0.15) is 0 Å². The summed E-state index contributed by atoms with van der Waals surface area (Å²) in [4.78, 5) is 6.82. The molecule has 0 amide bonds. The summed E-state index contributed by atoms with van der Waals surface area (Å²) in [6.07, 6.45) is 24.9. The fourth-order valence-electron chi connectivity index (χ4n) is 3.73. The van der Waals surface area contributed by atoms with E-state index in [1.165, 1.54) is 95.7 Å². The van der Waals surface area contributed by atoms with Gasteiger partial charge in [-0.15, -0.1) is 0 Å². The van der Waals surface area contributed by atoms with E-state index in [1.54, 1.807) is 0 Å². The number of β-amino-alcohol motifs (C(OH)–C–C–N with tert-alkyl or cyclic N) is 1. The highest BCUT2D eigenvalue weighted by Crippen LogP contribution is 2.14. The molecule has 0 spiro atoms. The average Bonchev–Trinajstić information content (AvgIpc) is 3.09. The first-order chi connectivity index (χ1) is 12.9. The first-order valence-electron chi connectivity index (χ1n) is 11.4. The number of aliphatic hydroxyl groups excluding tert-OH is 1. The quantitative estimate of drug-likeness (QED) is 0.235. The molecule has 1 aliphatic rings. The topological polar surface area (TPSA) is 35.8 Å². The molecule has 1 heterocycles. The monoisotopic (exact) mass is 364 g/mol. The number of aliphatic imine (C=N–C) groups is 1. The predicted octanol–water partition coefficient (Wildman–Crippen LogP) is 6.12. The Balaban J connectivity index is 1.77. The molecule has 0 bridgehead atoms. The van der Waals surface area contributed by atoms with E-state index in [4.69, 9.17) is 5.11 Å². The summed E-state index contributed by atoms with van der Waals surface area (Å²) in [6.45, 7) is 5.14. The Morgan fingerprint density at radius 1 is 0.846 bits per heavy atom. The van der Waals surface area contributed by atoms with Crippen molar-refractivity contribution in [3.63, 3.8) is 0 Å². The van der Waals surface area contributed by atoms with E-state index < -0.39 is 0 Å². The van der Waals surface area contributed by atoms with Gasteiger partial charge in [0.05, 0.1) is 19.0 Å². The van der Waals surface area contributed by atoms with Crippen LogP contribution in [0.2, 0.25) is 0 Å². The average molecular weight is 365 g/mol. The molecule has 0 unspecified atom stereocenters. The van der Waals surface area contributed by atoms with E-state index >= 15 is 0 Å². The zero-order valence-electron chi connectivity index (χ0n) is 17.4. The van der Waals surface area contributed by atoms with Crippen molar-refractivity contribution in [1.29, 1.82) is 0 Å². The van der Waals surface area contributed by atoms with Gasteiger partial charge in [-0.3, -0.25) is 4.99 Å². The van der Waals surface area contributed by atoms with Gasteiger partial charge >= 0.3 is 0 Å². The van der Waals surface area contributed by atoms with Gasteiger partial charge in [-0.25, -0.2) is 0 Å². The number of unbranched alkanes of at least 4 members (excludes halogenated alkanes) is 12. The zero-order chi connectivity index (χ0) is 18.7. The maximum atomic E-state index is 9.06. The van der Waals surface area contributed by atoms with Crippen LogP contribution in [0.4, 0.5) is 0 Å². The third kappa shape index (κ3) is 12.5. The summed E-state index contributed by atoms with van der Waals surface area (Å²) in [5.41, 5.74) is 0. The predicted molar refractivity (Wildman–Crippen MR) is 115 cm³/mol. The second kappa shape index (κ2) is 17.6. The summed E-state index contributed by atoms with van der Waals surface area (Å²) in [6, 6.07) is 0. The molecule has 3 heteroatoms. The molecule has 1 N–H and O–H groups in total. The smallest absolute Gasteiger partial charge is 0.0991 e. The molecule has 0 aliphatic carbocycles. The molecule has 0 radical (unpaired) electrons. The Hall–Kier alpha value is -0.830. The maximum absolute atomic E-state index is 9.06. The highest BCUT2D eigenvalue weighted by atomic mass is 16.3. The SMILES string of the molecule is CC/C=C/CCCCCCCCCCCCCCC1=NCCN1CCO. The lowest BCUT2D eigenvalue weighted by Crippen LogP contribution is -2.30. The zero-order valence-corrected chi connectivity index (χ0v) is 17.4. The lowest BCUT2D eigenvalue weighted by atomic mass is 10.0. The van der Waals surface area contributed by atoms with E-state index in [0.29, 0.717) is 0 Å². The summed E-state index contributed by atoms with van der Waals surface area (Å²) < 4.78 is 0. The lowest BCUT2D eigenvalue weighted by Gasteiger charge is -2.18. The molecule has 26 heavy (non-hydrogen) atoms. The van der Waals surface area contributed by atoms with Gasteiger partial charge in [0.2, 0.25) is 0 Å². The van der Waals surface area contributed by atoms with E-state index in [9.17, 15) is 0 Å². The molecule has 0 atom stereocenters. The minimum absolute atomic E-state index is 0.245. The minimum Gasteiger partial charge on any atom is -0.395 e. The van der Waals surface area contributed by atoms with Gasteiger partial charge in [0.1, 0.15) is 0 Å². The number of hydrogen-bond acceptors (Lipinski definition) is 3. The lowest BCUT2D eigenvalue weighted by molar-refractivity contribution is 0.255. The second-order valence-electron chi connectivity index (χ2n) is 7.67. The van der Waals surface area contributed by atoms with Crippen LogP contribution >= 0.6 is 0 Å². The molecule has 152 valence electrons. The van der Waals surface area contributed by atoms with E-state index in [-0.39, 0.29) is 6.61 Å². The van der Waals surface area contributed by atoms with Crippen molar-refractivity contribution >= 4 is 5.84 Å². The summed E-state index contributed by atoms with van der Waals surface area (Å²) >= 11 is 0. The molecule has 0 saturated heterocycles.